The Bertz CT molecular complexity index is 551. The summed E-state index contributed by atoms with van der Waals surface area (Å²) in [5, 5.41) is 0.772. The molecule has 1 unspecified atom stereocenters. The average Bonchev–Trinajstić information content (AvgIpc) is 2.47. The molecule has 0 aromatic heterocycles. The summed E-state index contributed by atoms with van der Waals surface area (Å²) in [6.07, 6.45) is 0. The van der Waals surface area contributed by atoms with Crippen LogP contribution in [0, 0.1) is 6.92 Å². The van der Waals surface area contributed by atoms with E-state index in [0.29, 0.717) is 6.54 Å². The van der Waals surface area contributed by atoms with Gasteiger partial charge in [-0.15, -0.1) is 0 Å². The van der Waals surface area contributed by atoms with Crippen molar-refractivity contribution in [2.24, 2.45) is 5.73 Å². The number of likely N-dealkylation sites (N-methyl/N-ethyl adjacent to an activating group) is 1. The van der Waals surface area contributed by atoms with Crippen LogP contribution in [0.25, 0.3) is 0 Å². The molecule has 0 heterocycles. The first-order valence-electron chi connectivity index (χ1n) is 6.95. The Morgan fingerprint density at radius 1 is 1.10 bits per heavy atom. The average molecular weight is 289 g/mol. The third-order valence-electron chi connectivity index (χ3n) is 3.57. The van der Waals surface area contributed by atoms with Gasteiger partial charge in [0.15, 0.2) is 0 Å². The van der Waals surface area contributed by atoms with Crippen LogP contribution in [0.5, 0.6) is 0 Å². The normalized spacial score (nSPS) is 12.2. The molecule has 20 heavy (non-hydrogen) atoms. The third kappa shape index (κ3) is 3.14. The van der Waals surface area contributed by atoms with Crippen LogP contribution in [0.1, 0.15) is 24.1 Å². The Hall–Kier alpha value is -1.51. The van der Waals surface area contributed by atoms with Crippen LogP contribution >= 0.6 is 11.6 Å². The zero-order chi connectivity index (χ0) is 14.5. The second-order valence-corrected chi connectivity index (χ2v) is 5.30. The number of halogens is 1. The predicted octanol–water partition coefficient (Wildman–Crippen LogP) is 4.17. The smallest absolute Gasteiger partial charge is 0.0679 e. The van der Waals surface area contributed by atoms with Gasteiger partial charge in [-0.3, -0.25) is 0 Å². The maximum Gasteiger partial charge on any atom is 0.0679 e. The molecular weight excluding hydrogens is 268 g/mol. The SMILES string of the molecule is CCN(c1ccc(C)cc1)C(CN)c1ccccc1Cl. The van der Waals surface area contributed by atoms with Crippen molar-refractivity contribution in [2.75, 3.05) is 18.0 Å². The van der Waals surface area contributed by atoms with Crippen molar-refractivity contribution in [2.45, 2.75) is 19.9 Å². The molecule has 0 saturated heterocycles. The van der Waals surface area contributed by atoms with Gasteiger partial charge in [0.2, 0.25) is 0 Å². The molecule has 1 atom stereocenters. The van der Waals surface area contributed by atoms with Crippen LogP contribution in [0.15, 0.2) is 48.5 Å². The van der Waals surface area contributed by atoms with E-state index in [0.717, 1.165) is 17.1 Å². The topological polar surface area (TPSA) is 29.3 Å². The lowest BCUT2D eigenvalue weighted by Gasteiger charge is -2.33. The zero-order valence-corrected chi connectivity index (χ0v) is 12.8. The predicted molar refractivity (Wildman–Crippen MR) is 87.4 cm³/mol. The van der Waals surface area contributed by atoms with Gasteiger partial charge in [-0.2, -0.15) is 0 Å². The van der Waals surface area contributed by atoms with Crippen molar-refractivity contribution < 1.29 is 0 Å². The molecule has 2 rings (SSSR count). The first-order chi connectivity index (χ1) is 9.67. The number of nitrogens with two attached hydrogens (primary N) is 1. The summed E-state index contributed by atoms with van der Waals surface area (Å²) in [5.41, 5.74) is 9.53. The van der Waals surface area contributed by atoms with E-state index in [4.69, 9.17) is 17.3 Å². The third-order valence-corrected chi connectivity index (χ3v) is 3.91. The van der Waals surface area contributed by atoms with Gasteiger partial charge < -0.3 is 10.6 Å². The van der Waals surface area contributed by atoms with Gasteiger partial charge in [-0.1, -0.05) is 47.5 Å². The number of nitrogens with zero attached hydrogens (tertiary/aromatic N) is 1. The molecule has 0 amide bonds. The molecule has 0 aliphatic carbocycles. The Labute approximate surface area is 126 Å². The zero-order valence-electron chi connectivity index (χ0n) is 12.0. The number of anilines is 1. The molecule has 2 aromatic rings. The highest BCUT2D eigenvalue weighted by Crippen LogP contribution is 2.30. The number of hydrogen-bond acceptors (Lipinski definition) is 2. The monoisotopic (exact) mass is 288 g/mol. The van der Waals surface area contributed by atoms with Gasteiger partial charge in [0.1, 0.15) is 0 Å². The number of rotatable bonds is 5. The van der Waals surface area contributed by atoms with E-state index in [-0.39, 0.29) is 6.04 Å². The lowest BCUT2D eigenvalue weighted by Crippen LogP contribution is -2.33. The highest BCUT2D eigenvalue weighted by atomic mass is 35.5. The lowest BCUT2D eigenvalue weighted by molar-refractivity contribution is 0.643. The van der Waals surface area contributed by atoms with Gasteiger partial charge in [-0.25, -0.2) is 0 Å². The summed E-state index contributed by atoms with van der Waals surface area (Å²) >= 11 is 6.33. The van der Waals surface area contributed by atoms with E-state index in [1.54, 1.807) is 0 Å². The fraction of sp³-hybridized carbons (Fsp3) is 0.294. The summed E-state index contributed by atoms with van der Waals surface area (Å²) in [7, 11) is 0. The van der Waals surface area contributed by atoms with E-state index >= 15 is 0 Å². The van der Waals surface area contributed by atoms with E-state index in [1.807, 2.05) is 18.2 Å². The Kier molecular flexibility index (Phi) is 5.05. The summed E-state index contributed by atoms with van der Waals surface area (Å²) < 4.78 is 0. The van der Waals surface area contributed by atoms with Crippen LogP contribution in [0.4, 0.5) is 5.69 Å². The molecule has 3 heteroatoms. The first-order valence-corrected chi connectivity index (χ1v) is 7.33. The van der Waals surface area contributed by atoms with E-state index < -0.39 is 0 Å². The second-order valence-electron chi connectivity index (χ2n) is 4.89. The van der Waals surface area contributed by atoms with E-state index in [2.05, 4.69) is 49.1 Å². The lowest BCUT2D eigenvalue weighted by atomic mass is 10.0. The largest absolute Gasteiger partial charge is 0.363 e. The van der Waals surface area contributed by atoms with Crippen molar-refractivity contribution in [1.29, 1.82) is 0 Å². The Balaban J connectivity index is 2.38. The minimum absolute atomic E-state index is 0.0939. The Morgan fingerprint density at radius 2 is 1.75 bits per heavy atom. The highest BCUT2D eigenvalue weighted by Gasteiger charge is 2.20. The van der Waals surface area contributed by atoms with Crippen molar-refractivity contribution in [3.05, 3.63) is 64.7 Å². The molecule has 0 aliphatic heterocycles. The summed E-state index contributed by atoms with van der Waals surface area (Å²) in [5.74, 6) is 0. The standard InChI is InChI=1S/C17H21ClN2/c1-3-20(14-10-8-13(2)9-11-14)17(12-19)15-6-4-5-7-16(15)18/h4-11,17H,3,12,19H2,1-2H3. The molecule has 0 radical (unpaired) electrons. The van der Waals surface area contributed by atoms with Crippen molar-refractivity contribution in [1.82, 2.24) is 0 Å². The number of hydrogen-bond donors (Lipinski definition) is 1. The van der Waals surface area contributed by atoms with E-state index in [1.165, 1.54) is 11.3 Å². The van der Waals surface area contributed by atoms with Crippen LogP contribution in [0.2, 0.25) is 5.02 Å². The van der Waals surface area contributed by atoms with Crippen molar-refractivity contribution in [3.8, 4) is 0 Å². The fourth-order valence-electron chi connectivity index (χ4n) is 2.49. The van der Waals surface area contributed by atoms with Crippen LogP contribution in [-0.4, -0.2) is 13.1 Å². The highest BCUT2D eigenvalue weighted by molar-refractivity contribution is 6.31. The molecular formula is C17H21ClN2. The van der Waals surface area contributed by atoms with Gasteiger partial charge in [-0.05, 0) is 37.6 Å². The van der Waals surface area contributed by atoms with Gasteiger partial charge in [0.25, 0.3) is 0 Å². The van der Waals surface area contributed by atoms with E-state index in [9.17, 15) is 0 Å². The van der Waals surface area contributed by atoms with Crippen molar-refractivity contribution >= 4 is 17.3 Å². The maximum atomic E-state index is 6.33. The molecule has 0 bridgehead atoms. The minimum Gasteiger partial charge on any atom is -0.363 e. The molecule has 2 aromatic carbocycles. The summed E-state index contributed by atoms with van der Waals surface area (Å²) in [4.78, 5) is 2.29. The van der Waals surface area contributed by atoms with Gasteiger partial charge >= 0.3 is 0 Å². The second kappa shape index (κ2) is 6.78. The molecule has 2 nitrogen and oxygen atoms in total. The van der Waals surface area contributed by atoms with Crippen LogP contribution in [0.3, 0.4) is 0 Å². The molecule has 0 saturated carbocycles. The van der Waals surface area contributed by atoms with Gasteiger partial charge in [0.05, 0.1) is 6.04 Å². The molecule has 0 fully saturated rings. The maximum absolute atomic E-state index is 6.33. The van der Waals surface area contributed by atoms with Crippen LogP contribution in [-0.2, 0) is 0 Å². The van der Waals surface area contributed by atoms with Crippen molar-refractivity contribution in [3.63, 3.8) is 0 Å². The molecule has 0 aliphatic rings. The number of aryl methyl sites for hydroxylation is 1. The first kappa shape index (κ1) is 14.9. The molecule has 2 N–H and O–H groups in total. The minimum atomic E-state index is 0.0939. The summed E-state index contributed by atoms with van der Waals surface area (Å²) in [6.45, 7) is 5.65. The Morgan fingerprint density at radius 3 is 2.30 bits per heavy atom. The molecule has 106 valence electrons. The fourth-order valence-corrected chi connectivity index (χ4v) is 2.75. The quantitative estimate of drug-likeness (QED) is 0.894. The molecule has 0 spiro atoms. The van der Waals surface area contributed by atoms with Crippen LogP contribution < -0.4 is 10.6 Å². The summed E-state index contributed by atoms with van der Waals surface area (Å²) in [6, 6.07) is 16.5. The van der Waals surface area contributed by atoms with Gasteiger partial charge in [0, 0.05) is 23.8 Å². The number of benzene rings is 2.